The quantitative estimate of drug-likeness (QED) is 0.708. The van der Waals surface area contributed by atoms with E-state index in [1.54, 1.807) is 0 Å². The number of carbonyl (C=O) groups is 2. The second kappa shape index (κ2) is 10.2. The average molecular weight is 340 g/mol. The zero-order chi connectivity index (χ0) is 15.8. The van der Waals surface area contributed by atoms with Crippen molar-refractivity contribution in [3.05, 3.63) is 35.4 Å². The van der Waals surface area contributed by atoms with Gasteiger partial charge in [0.2, 0.25) is 11.8 Å². The lowest BCUT2D eigenvalue weighted by molar-refractivity contribution is -0.126. The van der Waals surface area contributed by atoms with Crippen LogP contribution in [0, 0.1) is 0 Å². The van der Waals surface area contributed by atoms with Crippen LogP contribution < -0.4 is 16.0 Å². The van der Waals surface area contributed by atoms with Crippen molar-refractivity contribution >= 4 is 24.2 Å². The molecule has 0 aliphatic carbocycles. The van der Waals surface area contributed by atoms with Crippen molar-refractivity contribution in [1.82, 2.24) is 16.0 Å². The van der Waals surface area contributed by atoms with Crippen molar-refractivity contribution in [2.45, 2.75) is 38.6 Å². The molecule has 1 heterocycles. The van der Waals surface area contributed by atoms with E-state index < -0.39 is 0 Å². The molecule has 0 aromatic heterocycles. The first-order chi connectivity index (χ1) is 10.7. The lowest BCUT2D eigenvalue weighted by Gasteiger charge is -2.27. The maximum Gasteiger partial charge on any atom is 0.220 e. The van der Waals surface area contributed by atoms with Crippen LogP contribution in [0.4, 0.5) is 0 Å². The summed E-state index contributed by atoms with van der Waals surface area (Å²) in [7, 11) is 0. The monoisotopic (exact) mass is 339 g/mol. The van der Waals surface area contributed by atoms with Crippen molar-refractivity contribution in [3.63, 3.8) is 0 Å². The molecule has 1 aromatic carbocycles. The molecule has 0 saturated carbocycles. The first kappa shape index (κ1) is 19.5. The van der Waals surface area contributed by atoms with E-state index in [9.17, 15) is 9.59 Å². The molecule has 2 amide bonds. The number of rotatable bonds is 7. The van der Waals surface area contributed by atoms with E-state index >= 15 is 0 Å². The van der Waals surface area contributed by atoms with Gasteiger partial charge in [0.05, 0.1) is 0 Å². The summed E-state index contributed by atoms with van der Waals surface area (Å²) in [5.41, 5.74) is 2.61. The van der Waals surface area contributed by atoms with Crippen LogP contribution >= 0.6 is 12.4 Å². The predicted octanol–water partition coefficient (Wildman–Crippen LogP) is 1.72. The van der Waals surface area contributed by atoms with Crippen LogP contribution in [-0.4, -0.2) is 31.4 Å². The Bertz CT molecular complexity index is 522. The molecule has 5 nitrogen and oxygen atoms in total. The molecule has 3 N–H and O–H groups in total. The summed E-state index contributed by atoms with van der Waals surface area (Å²) in [4.78, 5) is 23.3. The fourth-order valence-electron chi connectivity index (χ4n) is 2.66. The third-order valence-corrected chi connectivity index (χ3v) is 3.87. The molecule has 23 heavy (non-hydrogen) atoms. The first-order valence-electron chi connectivity index (χ1n) is 8.05. The Kier molecular flexibility index (Phi) is 8.66. The minimum absolute atomic E-state index is 0. The number of hydrogen-bond acceptors (Lipinski definition) is 3. The van der Waals surface area contributed by atoms with Gasteiger partial charge in [-0.05, 0) is 30.5 Å². The summed E-state index contributed by atoms with van der Waals surface area (Å²) >= 11 is 0. The lowest BCUT2D eigenvalue weighted by Crippen LogP contribution is -2.39. The molecule has 1 unspecified atom stereocenters. The Hall–Kier alpha value is -1.59. The second-order valence-electron chi connectivity index (χ2n) is 5.61. The Labute approximate surface area is 144 Å². The molecule has 0 saturated heterocycles. The van der Waals surface area contributed by atoms with E-state index in [1.165, 1.54) is 11.1 Å². The van der Waals surface area contributed by atoms with Gasteiger partial charge in [-0.1, -0.05) is 31.2 Å². The molecule has 2 rings (SSSR count). The van der Waals surface area contributed by atoms with E-state index in [0.717, 1.165) is 19.4 Å². The highest BCUT2D eigenvalue weighted by Gasteiger charge is 2.19. The van der Waals surface area contributed by atoms with Crippen molar-refractivity contribution in [2.75, 3.05) is 19.6 Å². The minimum Gasteiger partial charge on any atom is -0.356 e. The summed E-state index contributed by atoms with van der Waals surface area (Å²) < 4.78 is 0. The van der Waals surface area contributed by atoms with Gasteiger partial charge in [-0.2, -0.15) is 0 Å². The van der Waals surface area contributed by atoms with E-state index in [0.29, 0.717) is 13.1 Å². The maximum atomic E-state index is 11.9. The fraction of sp³-hybridized carbons (Fsp3) is 0.529. The second-order valence-corrected chi connectivity index (χ2v) is 5.61. The Morgan fingerprint density at radius 3 is 2.61 bits per heavy atom. The molecule has 1 aliphatic heterocycles. The van der Waals surface area contributed by atoms with Crippen LogP contribution in [0.25, 0.3) is 0 Å². The molecular formula is C17H26ClN3O2. The van der Waals surface area contributed by atoms with E-state index in [4.69, 9.17) is 0 Å². The summed E-state index contributed by atoms with van der Waals surface area (Å²) in [6.45, 7) is 4.16. The smallest absolute Gasteiger partial charge is 0.220 e. The van der Waals surface area contributed by atoms with E-state index in [2.05, 4.69) is 34.1 Å². The number of fused-ring (bicyclic) bond motifs is 1. The Balaban J connectivity index is 0.00000264. The van der Waals surface area contributed by atoms with E-state index in [1.807, 2.05) is 13.0 Å². The van der Waals surface area contributed by atoms with Gasteiger partial charge in [0, 0.05) is 32.0 Å². The third-order valence-electron chi connectivity index (χ3n) is 3.87. The molecular weight excluding hydrogens is 314 g/mol. The number of halogens is 1. The zero-order valence-corrected chi connectivity index (χ0v) is 14.4. The number of benzene rings is 1. The van der Waals surface area contributed by atoms with E-state index in [-0.39, 0.29) is 43.1 Å². The summed E-state index contributed by atoms with van der Waals surface area (Å²) in [6, 6.07) is 8.48. The molecule has 1 atom stereocenters. The summed E-state index contributed by atoms with van der Waals surface area (Å²) in [5, 5.41) is 9.13. The highest BCUT2D eigenvalue weighted by Crippen LogP contribution is 2.21. The first-order valence-corrected chi connectivity index (χ1v) is 8.05. The van der Waals surface area contributed by atoms with Gasteiger partial charge in [0.1, 0.15) is 0 Å². The van der Waals surface area contributed by atoms with Gasteiger partial charge in [-0.15, -0.1) is 12.4 Å². The highest BCUT2D eigenvalue weighted by atomic mass is 35.5. The van der Waals surface area contributed by atoms with Crippen LogP contribution in [0.3, 0.4) is 0 Å². The number of amides is 2. The number of carbonyl (C=O) groups excluding carboxylic acids is 2. The van der Waals surface area contributed by atoms with Gasteiger partial charge in [-0.3, -0.25) is 9.59 Å². The molecule has 1 aromatic rings. The Morgan fingerprint density at radius 1 is 1.17 bits per heavy atom. The average Bonchev–Trinajstić information content (AvgIpc) is 2.56. The van der Waals surface area contributed by atoms with Crippen molar-refractivity contribution in [1.29, 1.82) is 0 Å². The molecule has 1 aliphatic rings. The van der Waals surface area contributed by atoms with Crippen LogP contribution in [0.15, 0.2) is 24.3 Å². The van der Waals surface area contributed by atoms with Crippen molar-refractivity contribution in [2.24, 2.45) is 0 Å². The SMILES string of the molecule is CCCNC(=O)CCC(=O)NCC1NCCc2ccccc21.Cl. The molecule has 0 spiro atoms. The highest BCUT2D eigenvalue weighted by molar-refractivity contribution is 5.85. The van der Waals surface area contributed by atoms with Crippen LogP contribution in [-0.2, 0) is 16.0 Å². The fourth-order valence-corrected chi connectivity index (χ4v) is 2.66. The summed E-state index contributed by atoms with van der Waals surface area (Å²) in [6.07, 6.45) is 2.42. The van der Waals surface area contributed by atoms with Gasteiger partial charge < -0.3 is 16.0 Å². The molecule has 0 fully saturated rings. The third kappa shape index (κ3) is 6.20. The van der Waals surface area contributed by atoms with Crippen LogP contribution in [0.2, 0.25) is 0 Å². The van der Waals surface area contributed by atoms with Gasteiger partial charge in [-0.25, -0.2) is 0 Å². The van der Waals surface area contributed by atoms with Gasteiger partial charge >= 0.3 is 0 Å². The van der Waals surface area contributed by atoms with Gasteiger partial charge in [0.25, 0.3) is 0 Å². The van der Waals surface area contributed by atoms with Crippen LogP contribution in [0.5, 0.6) is 0 Å². The Morgan fingerprint density at radius 2 is 1.87 bits per heavy atom. The molecule has 6 heteroatoms. The normalized spacial score (nSPS) is 16.0. The number of hydrogen-bond donors (Lipinski definition) is 3. The molecule has 0 bridgehead atoms. The predicted molar refractivity (Wildman–Crippen MR) is 93.7 cm³/mol. The largest absolute Gasteiger partial charge is 0.356 e. The minimum atomic E-state index is -0.0727. The topological polar surface area (TPSA) is 70.2 Å². The van der Waals surface area contributed by atoms with Crippen molar-refractivity contribution in [3.8, 4) is 0 Å². The molecule has 128 valence electrons. The molecule has 0 radical (unpaired) electrons. The van der Waals surface area contributed by atoms with Crippen LogP contribution in [0.1, 0.15) is 43.4 Å². The van der Waals surface area contributed by atoms with Gasteiger partial charge in [0.15, 0.2) is 0 Å². The maximum absolute atomic E-state index is 11.9. The summed E-state index contributed by atoms with van der Waals surface area (Å²) in [5.74, 6) is -0.130. The zero-order valence-electron chi connectivity index (χ0n) is 13.6. The van der Waals surface area contributed by atoms with Crippen molar-refractivity contribution < 1.29 is 9.59 Å². The lowest BCUT2D eigenvalue weighted by atomic mass is 9.94. The number of nitrogens with one attached hydrogen (secondary N) is 3. The standard InChI is InChI=1S/C17H25N3O2.ClH/c1-2-10-19-16(21)7-8-17(22)20-12-15-14-6-4-3-5-13(14)9-11-18-15;/h3-6,15,18H,2,7-12H2,1H3,(H,19,21)(H,20,22);1H.